The van der Waals surface area contributed by atoms with Crippen LogP contribution in [0.2, 0.25) is 0 Å². The van der Waals surface area contributed by atoms with Crippen molar-refractivity contribution in [1.82, 2.24) is 4.90 Å². The van der Waals surface area contributed by atoms with Crippen molar-refractivity contribution in [2.24, 2.45) is 0 Å². The largest absolute Gasteiger partial charge is 0.488 e. The summed E-state index contributed by atoms with van der Waals surface area (Å²) >= 11 is 0. The fraction of sp³-hybridized carbons (Fsp3) is 0.250. The van der Waals surface area contributed by atoms with Gasteiger partial charge in [-0.15, -0.1) is 0 Å². The zero-order valence-corrected chi connectivity index (χ0v) is 19.9. The number of hydrogen-bond donors (Lipinski definition) is 0. The van der Waals surface area contributed by atoms with Gasteiger partial charge in [-0.1, -0.05) is 36.4 Å². The molecule has 0 N–H and O–H groups in total. The van der Waals surface area contributed by atoms with E-state index in [9.17, 15) is 21.2 Å². The van der Waals surface area contributed by atoms with Gasteiger partial charge in [0, 0.05) is 32.1 Å². The number of hydrogen-bond acceptors (Lipinski definition) is 6. The molecule has 0 radical (unpaired) electrons. The van der Waals surface area contributed by atoms with E-state index in [0.717, 1.165) is 37.2 Å². The Hall–Kier alpha value is -2.75. The summed E-state index contributed by atoms with van der Waals surface area (Å²) in [5, 5.41) is 0. The number of rotatable bonds is 7. The van der Waals surface area contributed by atoms with Crippen LogP contribution in [0.5, 0.6) is 5.75 Å². The smallest absolute Gasteiger partial charge is 0.179 e. The average molecular weight is 490 g/mol. The van der Waals surface area contributed by atoms with Crippen LogP contribution in [-0.2, 0) is 45.9 Å². The predicted molar refractivity (Wildman–Crippen MR) is 123 cm³/mol. The first-order chi connectivity index (χ1) is 15.5. The number of nitrogens with zero attached hydrogens (tertiary/aromatic N) is 1. The number of ether oxygens (including phenoxy) is 1. The molecule has 3 aromatic carbocycles. The summed E-state index contributed by atoms with van der Waals surface area (Å²) in [6.45, 7) is 2.09. The van der Waals surface area contributed by atoms with E-state index in [0.29, 0.717) is 12.1 Å². The molecule has 1 heterocycles. The second kappa shape index (κ2) is 8.89. The molecule has 0 amide bonds. The van der Waals surface area contributed by atoms with E-state index in [4.69, 9.17) is 4.74 Å². The van der Waals surface area contributed by atoms with Gasteiger partial charge in [0.1, 0.15) is 28.0 Å². The lowest BCUT2D eigenvalue weighted by atomic mass is 10.1. The fourth-order valence-corrected chi connectivity index (χ4v) is 5.52. The maximum absolute atomic E-state index is 14.2. The maximum atomic E-state index is 14.2. The third-order valence-corrected chi connectivity index (χ3v) is 7.76. The van der Waals surface area contributed by atoms with Crippen molar-refractivity contribution in [3.8, 4) is 5.75 Å². The van der Waals surface area contributed by atoms with Crippen molar-refractivity contribution in [2.75, 3.05) is 12.5 Å². The molecule has 6 nitrogen and oxygen atoms in total. The highest BCUT2D eigenvalue weighted by Crippen LogP contribution is 2.29. The van der Waals surface area contributed by atoms with Crippen LogP contribution >= 0.6 is 0 Å². The third-order valence-electron chi connectivity index (χ3n) is 5.51. The van der Waals surface area contributed by atoms with Crippen LogP contribution in [-0.4, -0.2) is 34.2 Å². The molecule has 0 aliphatic carbocycles. The van der Waals surface area contributed by atoms with Gasteiger partial charge in [0.25, 0.3) is 0 Å². The van der Waals surface area contributed by atoms with Gasteiger partial charge in [0.2, 0.25) is 0 Å². The average Bonchev–Trinajstić information content (AvgIpc) is 3.13. The molecule has 0 bridgehead atoms. The monoisotopic (exact) mass is 489 g/mol. The first-order valence-electron chi connectivity index (χ1n) is 10.2. The summed E-state index contributed by atoms with van der Waals surface area (Å²) in [7, 11) is -7.25. The van der Waals surface area contributed by atoms with Crippen LogP contribution in [0, 0.1) is 5.82 Å². The molecular formula is C24H24FNO5S2. The van der Waals surface area contributed by atoms with Crippen molar-refractivity contribution in [1.29, 1.82) is 0 Å². The van der Waals surface area contributed by atoms with Gasteiger partial charge in [-0.2, -0.15) is 0 Å². The minimum Gasteiger partial charge on any atom is -0.488 e. The highest BCUT2D eigenvalue weighted by molar-refractivity contribution is 7.91. The Morgan fingerprint density at radius 2 is 1.42 bits per heavy atom. The summed E-state index contributed by atoms with van der Waals surface area (Å²) in [5.74, 6) is -0.706. The molecule has 0 atom stereocenters. The van der Waals surface area contributed by atoms with Gasteiger partial charge in [-0.3, -0.25) is 4.90 Å². The van der Waals surface area contributed by atoms with Crippen molar-refractivity contribution in [2.45, 2.75) is 36.0 Å². The van der Waals surface area contributed by atoms with Crippen LogP contribution in [0.4, 0.5) is 4.39 Å². The Morgan fingerprint density at radius 3 is 2.00 bits per heavy atom. The molecule has 0 saturated heterocycles. The topological polar surface area (TPSA) is 80.8 Å². The van der Waals surface area contributed by atoms with Gasteiger partial charge >= 0.3 is 0 Å². The Morgan fingerprint density at radius 1 is 0.818 bits per heavy atom. The van der Waals surface area contributed by atoms with Gasteiger partial charge in [0.15, 0.2) is 19.7 Å². The Balaban J connectivity index is 1.51. The fourth-order valence-electron chi connectivity index (χ4n) is 3.93. The Labute approximate surface area is 193 Å². The molecule has 0 saturated carbocycles. The number of benzene rings is 3. The molecule has 1 aliphatic heterocycles. The Bertz CT molecular complexity index is 1390. The van der Waals surface area contributed by atoms with Crippen LogP contribution in [0.1, 0.15) is 22.3 Å². The Kier molecular flexibility index (Phi) is 6.30. The molecule has 0 unspecified atom stereocenters. The number of sulfone groups is 2. The van der Waals surface area contributed by atoms with E-state index < -0.39 is 30.4 Å². The van der Waals surface area contributed by atoms with Gasteiger partial charge in [0.05, 0.1) is 0 Å². The molecule has 0 fully saturated rings. The highest BCUT2D eigenvalue weighted by Gasteiger charge is 2.21. The quantitative estimate of drug-likeness (QED) is 0.503. The van der Waals surface area contributed by atoms with E-state index in [1.807, 2.05) is 18.2 Å². The van der Waals surface area contributed by atoms with Crippen LogP contribution in [0.3, 0.4) is 0 Å². The molecule has 1 aliphatic rings. The van der Waals surface area contributed by atoms with Crippen molar-refractivity contribution in [3.05, 3.63) is 88.7 Å². The van der Waals surface area contributed by atoms with E-state index >= 15 is 0 Å². The maximum Gasteiger partial charge on any atom is 0.179 e. The highest BCUT2D eigenvalue weighted by atomic mass is 32.2. The minimum atomic E-state index is -3.67. The van der Waals surface area contributed by atoms with E-state index in [-0.39, 0.29) is 17.3 Å². The van der Waals surface area contributed by atoms with Gasteiger partial charge in [-0.05, 0) is 46.5 Å². The van der Waals surface area contributed by atoms with Gasteiger partial charge in [-0.25, -0.2) is 21.2 Å². The minimum absolute atomic E-state index is 0.0601. The van der Waals surface area contributed by atoms with Gasteiger partial charge < -0.3 is 4.74 Å². The van der Waals surface area contributed by atoms with E-state index in [2.05, 4.69) is 17.0 Å². The lowest BCUT2D eigenvalue weighted by Gasteiger charge is -2.17. The predicted octanol–water partition coefficient (Wildman–Crippen LogP) is 3.73. The summed E-state index contributed by atoms with van der Waals surface area (Å²) in [6, 6.07) is 17.0. The third kappa shape index (κ3) is 5.43. The second-order valence-electron chi connectivity index (χ2n) is 8.29. The van der Waals surface area contributed by atoms with Crippen LogP contribution in [0.15, 0.2) is 70.5 Å². The first kappa shape index (κ1) is 23.4. The molecule has 9 heteroatoms. The summed E-state index contributed by atoms with van der Waals surface area (Å²) in [4.78, 5) is 1.90. The van der Waals surface area contributed by atoms with E-state index in [1.54, 1.807) is 12.1 Å². The SMILES string of the molecule is CS(=O)(=O)c1ccc(COc2ccc(CN3Cc4ccccc4C3)cc2S(C)(=O)=O)cc1F. The molecule has 4 rings (SSSR count). The molecule has 0 spiro atoms. The molecule has 33 heavy (non-hydrogen) atoms. The summed E-state index contributed by atoms with van der Waals surface area (Å²) < 4.78 is 67.8. The molecule has 0 aromatic heterocycles. The summed E-state index contributed by atoms with van der Waals surface area (Å²) in [6.07, 6.45) is 2.05. The normalized spacial score (nSPS) is 14.3. The van der Waals surface area contributed by atoms with E-state index in [1.165, 1.54) is 23.3 Å². The van der Waals surface area contributed by atoms with Crippen molar-refractivity contribution >= 4 is 19.7 Å². The van der Waals surface area contributed by atoms with Crippen LogP contribution < -0.4 is 4.74 Å². The molecular weight excluding hydrogens is 465 g/mol. The van der Waals surface area contributed by atoms with Crippen LogP contribution in [0.25, 0.3) is 0 Å². The lowest BCUT2D eigenvalue weighted by molar-refractivity contribution is 0.274. The standard InChI is InChI=1S/C24H24FNO5S2/c1-32(27,28)23-10-8-18(11-21(23)25)16-31-22-9-7-17(12-24(22)33(2,29)30)13-26-14-19-5-3-4-6-20(19)15-26/h3-12H,13-16H2,1-2H3. The number of fused-ring (bicyclic) bond motifs is 1. The molecule has 174 valence electrons. The van der Waals surface area contributed by atoms with Crippen molar-refractivity contribution < 1.29 is 26.0 Å². The second-order valence-corrected chi connectivity index (χ2v) is 12.3. The van der Waals surface area contributed by atoms with Crippen molar-refractivity contribution in [3.63, 3.8) is 0 Å². The summed E-state index contributed by atoms with van der Waals surface area (Å²) in [5.41, 5.74) is 3.78. The lowest BCUT2D eigenvalue weighted by Crippen LogP contribution is -2.16. The zero-order chi connectivity index (χ0) is 23.8. The first-order valence-corrected chi connectivity index (χ1v) is 14.0. The number of halogens is 1. The zero-order valence-electron chi connectivity index (χ0n) is 18.3. The molecule has 3 aromatic rings.